The summed E-state index contributed by atoms with van der Waals surface area (Å²) in [5, 5.41) is 23.4. The van der Waals surface area contributed by atoms with Crippen LogP contribution in [0, 0.1) is 5.92 Å². The number of primary amides is 1. The maximum Gasteiger partial charge on any atom is 0.404 e. The van der Waals surface area contributed by atoms with Crippen molar-refractivity contribution < 1.29 is 34.1 Å². The fourth-order valence-electron chi connectivity index (χ4n) is 4.20. The van der Waals surface area contributed by atoms with Crippen molar-refractivity contribution in [3.05, 3.63) is 84.2 Å². The largest absolute Gasteiger partial charge is 0.458 e. The number of allylic oxidation sites excluding steroid dienone is 6. The number of aliphatic hydroxyl groups is 2. The van der Waals surface area contributed by atoms with E-state index in [1.54, 1.807) is 25.3 Å². The van der Waals surface area contributed by atoms with Crippen molar-refractivity contribution in [3.8, 4) is 0 Å². The monoisotopic (exact) mass is 584 g/mol. The summed E-state index contributed by atoms with van der Waals surface area (Å²) in [6.07, 6.45) is 16.0. The Morgan fingerprint density at radius 1 is 1.21 bits per heavy atom. The zero-order chi connectivity index (χ0) is 31.5. The van der Waals surface area contributed by atoms with Crippen molar-refractivity contribution in [3.63, 3.8) is 0 Å². The van der Waals surface area contributed by atoms with Crippen LogP contribution >= 0.6 is 0 Å². The summed E-state index contributed by atoms with van der Waals surface area (Å²) in [5.74, 6) is -0.706. The van der Waals surface area contributed by atoms with Gasteiger partial charge in [-0.25, -0.2) is 9.59 Å². The van der Waals surface area contributed by atoms with E-state index in [0.717, 1.165) is 16.7 Å². The number of amides is 2. The van der Waals surface area contributed by atoms with Gasteiger partial charge in [-0.1, -0.05) is 72.8 Å². The molecule has 0 radical (unpaired) electrons. The van der Waals surface area contributed by atoms with Gasteiger partial charge in [0.2, 0.25) is 5.91 Å². The summed E-state index contributed by atoms with van der Waals surface area (Å²) in [6.45, 7) is 11.4. The first-order valence-corrected chi connectivity index (χ1v) is 14.4. The molecule has 5 N–H and O–H groups in total. The van der Waals surface area contributed by atoms with Gasteiger partial charge in [0.25, 0.3) is 0 Å². The van der Waals surface area contributed by atoms with Crippen molar-refractivity contribution in [2.45, 2.75) is 97.1 Å². The minimum absolute atomic E-state index is 0.126. The van der Waals surface area contributed by atoms with Crippen LogP contribution in [0.1, 0.15) is 72.6 Å². The number of rotatable bonds is 7. The van der Waals surface area contributed by atoms with Gasteiger partial charge in [-0.05, 0) is 59.0 Å². The van der Waals surface area contributed by atoms with Crippen LogP contribution in [0.25, 0.3) is 0 Å². The second kappa shape index (κ2) is 20.2. The molecule has 42 heavy (non-hydrogen) atoms. The standard InChI is InChI=1S/C33H48N2O7/c1-23(2)20-31(38)35-19-18-25(4)21-26(5)30-22-24(3)12-8-6-10-14-29(42-33(34)40)28(37)17-16-27(36)13-9-7-11-15-32(39)41-30/h6,8,11-12,15-19,21,26-30,36-37H,1,7,9-10,13-14,20,22H2,2-5H3,(H2,34,40)(H,35,38)/b8-6-,15-11-,17-16-,19-18+,24-12+,25-21+/t26-,27+,28+,29+,30-/m1/s1. The van der Waals surface area contributed by atoms with Crippen LogP contribution in [-0.4, -0.2) is 52.6 Å². The van der Waals surface area contributed by atoms with Crippen LogP contribution in [-0.2, 0) is 19.1 Å². The minimum Gasteiger partial charge on any atom is -0.458 e. The van der Waals surface area contributed by atoms with Gasteiger partial charge in [0.15, 0.2) is 0 Å². The molecular weight excluding hydrogens is 536 g/mol. The predicted molar refractivity (Wildman–Crippen MR) is 165 cm³/mol. The molecule has 0 bridgehead atoms. The molecule has 9 heteroatoms. The molecule has 1 aliphatic heterocycles. The number of aliphatic hydroxyl groups excluding tert-OH is 2. The lowest BCUT2D eigenvalue weighted by molar-refractivity contribution is -0.144. The lowest BCUT2D eigenvalue weighted by Crippen LogP contribution is -2.32. The molecule has 0 unspecified atom stereocenters. The van der Waals surface area contributed by atoms with Crippen molar-refractivity contribution in [1.29, 1.82) is 0 Å². The second-order valence-corrected chi connectivity index (χ2v) is 10.8. The summed E-state index contributed by atoms with van der Waals surface area (Å²) >= 11 is 0. The maximum atomic E-state index is 12.6. The summed E-state index contributed by atoms with van der Waals surface area (Å²) < 4.78 is 10.9. The number of ether oxygens (including phenoxy) is 2. The molecule has 0 saturated heterocycles. The first kappa shape index (κ1) is 36.3. The highest BCUT2D eigenvalue weighted by atomic mass is 16.6. The molecule has 232 valence electrons. The maximum absolute atomic E-state index is 12.6. The highest BCUT2D eigenvalue weighted by Crippen LogP contribution is 2.21. The van der Waals surface area contributed by atoms with E-state index in [4.69, 9.17) is 15.2 Å². The van der Waals surface area contributed by atoms with Crippen molar-refractivity contribution >= 4 is 18.0 Å². The van der Waals surface area contributed by atoms with Crippen LogP contribution in [0.3, 0.4) is 0 Å². The summed E-state index contributed by atoms with van der Waals surface area (Å²) in [7, 11) is 0. The molecule has 2 amide bonds. The van der Waals surface area contributed by atoms with Gasteiger partial charge < -0.3 is 30.7 Å². The molecule has 1 rings (SSSR count). The van der Waals surface area contributed by atoms with Crippen LogP contribution in [0.4, 0.5) is 4.79 Å². The van der Waals surface area contributed by atoms with Crippen LogP contribution < -0.4 is 11.1 Å². The number of esters is 1. The van der Waals surface area contributed by atoms with Gasteiger partial charge in [-0.2, -0.15) is 0 Å². The molecule has 1 heterocycles. The summed E-state index contributed by atoms with van der Waals surface area (Å²) in [5.41, 5.74) is 7.85. The van der Waals surface area contributed by atoms with Gasteiger partial charge in [0, 0.05) is 31.0 Å². The zero-order valence-corrected chi connectivity index (χ0v) is 25.3. The first-order chi connectivity index (χ1) is 19.9. The van der Waals surface area contributed by atoms with Crippen LogP contribution in [0.5, 0.6) is 0 Å². The number of hydrogen-bond donors (Lipinski definition) is 4. The quantitative estimate of drug-likeness (QED) is 0.182. The molecular formula is C33H48N2O7. The van der Waals surface area contributed by atoms with Crippen LogP contribution in [0.15, 0.2) is 84.2 Å². The minimum atomic E-state index is -1.11. The molecule has 9 nitrogen and oxygen atoms in total. The zero-order valence-electron chi connectivity index (χ0n) is 25.3. The van der Waals surface area contributed by atoms with Gasteiger partial charge in [-0.3, -0.25) is 4.79 Å². The van der Waals surface area contributed by atoms with Gasteiger partial charge >= 0.3 is 12.1 Å². The molecule has 1 aliphatic rings. The molecule has 0 spiro atoms. The topological polar surface area (TPSA) is 148 Å². The highest BCUT2D eigenvalue weighted by molar-refractivity contribution is 5.82. The van der Waals surface area contributed by atoms with E-state index in [-0.39, 0.29) is 18.2 Å². The Labute approximate surface area is 250 Å². The molecule has 0 aromatic rings. The molecule has 0 aromatic heterocycles. The summed E-state index contributed by atoms with van der Waals surface area (Å²) in [4.78, 5) is 35.8. The average molecular weight is 585 g/mol. The number of hydrogen-bond acceptors (Lipinski definition) is 7. The van der Waals surface area contributed by atoms with E-state index in [9.17, 15) is 24.6 Å². The lowest BCUT2D eigenvalue weighted by Gasteiger charge is -2.22. The summed E-state index contributed by atoms with van der Waals surface area (Å²) in [6, 6.07) is 0. The number of carbonyl (C=O) groups excluding carboxylic acids is 3. The Hall–Kier alpha value is -3.69. The van der Waals surface area contributed by atoms with E-state index in [1.165, 1.54) is 18.2 Å². The average Bonchev–Trinajstić information content (AvgIpc) is 2.89. The van der Waals surface area contributed by atoms with E-state index in [0.29, 0.717) is 38.5 Å². The molecule has 0 aromatic carbocycles. The normalized spacial score (nSPS) is 27.9. The van der Waals surface area contributed by atoms with E-state index in [2.05, 4.69) is 11.9 Å². The SMILES string of the molecule is C=C(C)CC(=O)N/C=C/C(C)=C/[C@@H](C)[C@H]1C/C(C)=C/C=C\CC[C@H](OC(N)=O)[C@@H](O)/C=C\[C@@H](O)CCC/C=C\C(=O)O1. The first-order valence-electron chi connectivity index (χ1n) is 14.4. The Morgan fingerprint density at radius 3 is 2.64 bits per heavy atom. The number of nitrogens with two attached hydrogens (primary N) is 1. The third kappa shape index (κ3) is 17.2. The third-order valence-corrected chi connectivity index (χ3v) is 6.39. The molecule has 0 fully saturated rings. The Morgan fingerprint density at radius 2 is 1.95 bits per heavy atom. The second-order valence-electron chi connectivity index (χ2n) is 10.8. The fraction of sp³-hybridized carbons (Fsp3) is 0.485. The third-order valence-electron chi connectivity index (χ3n) is 6.39. The molecule has 0 saturated carbocycles. The fourth-order valence-corrected chi connectivity index (χ4v) is 4.20. The smallest absolute Gasteiger partial charge is 0.404 e. The number of nitrogens with one attached hydrogen (secondary N) is 1. The van der Waals surface area contributed by atoms with Crippen molar-refractivity contribution in [1.82, 2.24) is 5.32 Å². The van der Waals surface area contributed by atoms with Gasteiger partial charge in [-0.15, -0.1) is 0 Å². The molecule has 0 aliphatic carbocycles. The lowest BCUT2D eigenvalue weighted by atomic mass is 9.95. The highest BCUT2D eigenvalue weighted by Gasteiger charge is 2.21. The van der Waals surface area contributed by atoms with Gasteiger partial charge in [0.1, 0.15) is 18.3 Å². The number of carbonyl (C=O) groups is 3. The molecule has 5 atom stereocenters. The number of cyclic esters (lactones) is 1. The predicted octanol–water partition coefficient (Wildman–Crippen LogP) is 5.23. The van der Waals surface area contributed by atoms with E-state index in [1.807, 2.05) is 45.1 Å². The van der Waals surface area contributed by atoms with Gasteiger partial charge in [0.05, 0.1) is 6.10 Å². The van der Waals surface area contributed by atoms with E-state index >= 15 is 0 Å². The van der Waals surface area contributed by atoms with Crippen molar-refractivity contribution in [2.75, 3.05) is 0 Å². The Balaban J connectivity index is 3.08. The Bertz CT molecular complexity index is 1080. The van der Waals surface area contributed by atoms with E-state index < -0.39 is 36.5 Å². The van der Waals surface area contributed by atoms with Crippen molar-refractivity contribution in [2.24, 2.45) is 11.7 Å². The Kier molecular flexibility index (Phi) is 17.5. The van der Waals surface area contributed by atoms with Crippen LogP contribution in [0.2, 0.25) is 0 Å².